The van der Waals surface area contributed by atoms with Crippen LogP contribution in [-0.4, -0.2) is 14.7 Å². The Labute approximate surface area is 139 Å². The lowest BCUT2D eigenvalue weighted by Crippen LogP contribution is -2.08. The minimum Gasteiger partial charge on any atom is -0.488 e. The fourth-order valence-electron chi connectivity index (χ4n) is 1.94. The van der Waals surface area contributed by atoms with E-state index in [1.54, 1.807) is 6.07 Å². The second-order valence-corrected chi connectivity index (χ2v) is 7.23. The molecule has 0 saturated carbocycles. The highest BCUT2D eigenvalue weighted by Gasteiger charge is 2.14. The number of benzene rings is 2. The first-order chi connectivity index (χ1) is 10.4. The minimum absolute atomic E-state index is 0.302. The zero-order valence-corrected chi connectivity index (χ0v) is 14.8. The highest BCUT2D eigenvalue weighted by atomic mass is 79.9. The largest absolute Gasteiger partial charge is 0.488 e. The molecule has 0 bridgehead atoms. The first-order valence-electron chi connectivity index (χ1n) is 6.77. The first-order valence-corrected chi connectivity index (χ1v) is 9.38. The van der Waals surface area contributed by atoms with Crippen LogP contribution in [0.1, 0.15) is 18.1 Å². The van der Waals surface area contributed by atoms with Crippen LogP contribution in [0.2, 0.25) is 0 Å². The summed E-state index contributed by atoms with van der Waals surface area (Å²) in [6.45, 7) is 2.32. The molecule has 6 heteroatoms. The van der Waals surface area contributed by atoms with Gasteiger partial charge in [0.05, 0.1) is 10.7 Å². The molecule has 0 aliphatic rings. The van der Waals surface area contributed by atoms with E-state index in [4.69, 9.17) is 8.92 Å². The monoisotopic (exact) mass is 384 g/mol. The average molecular weight is 385 g/mol. The molecule has 0 fully saturated rings. The molecule has 4 nitrogen and oxygen atoms in total. The number of aryl methyl sites for hydroxylation is 1. The first kappa shape index (κ1) is 16.8. The Balaban J connectivity index is 2.25. The van der Waals surface area contributed by atoms with Crippen LogP contribution in [0.4, 0.5) is 0 Å². The summed E-state index contributed by atoms with van der Waals surface area (Å²) in [6, 6.07) is 13.2. The van der Waals surface area contributed by atoms with Gasteiger partial charge in [0.15, 0.2) is 0 Å². The van der Waals surface area contributed by atoms with Crippen molar-refractivity contribution >= 4 is 26.0 Å². The van der Waals surface area contributed by atoms with E-state index in [2.05, 4.69) is 15.9 Å². The third-order valence-electron chi connectivity index (χ3n) is 2.97. The van der Waals surface area contributed by atoms with Crippen molar-refractivity contribution in [2.45, 2.75) is 20.0 Å². The standard InChI is InChI=1S/C16H17BrO4S/c1-3-13-9-14(17)16(10-15(13)21-22(2,18)19)20-11-12-7-5-4-6-8-12/h4-10H,3,11H2,1-2H3. The fraction of sp³-hybridized carbons (Fsp3) is 0.250. The van der Waals surface area contributed by atoms with E-state index >= 15 is 0 Å². The van der Waals surface area contributed by atoms with E-state index < -0.39 is 10.1 Å². The molecule has 2 aromatic carbocycles. The van der Waals surface area contributed by atoms with Crippen LogP contribution in [0.5, 0.6) is 11.5 Å². The number of hydrogen-bond donors (Lipinski definition) is 0. The molecule has 0 amide bonds. The van der Waals surface area contributed by atoms with E-state index in [-0.39, 0.29) is 0 Å². The van der Waals surface area contributed by atoms with E-state index in [0.29, 0.717) is 24.5 Å². The molecule has 0 unspecified atom stereocenters. The van der Waals surface area contributed by atoms with Crippen LogP contribution in [0, 0.1) is 0 Å². The third-order valence-corrected chi connectivity index (χ3v) is 4.08. The summed E-state index contributed by atoms with van der Waals surface area (Å²) >= 11 is 3.45. The maximum Gasteiger partial charge on any atom is 0.306 e. The lowest BCUT2D eigenvalue weighted by atomic mass is 10.1. The van der Waals surface area contributed by atoms with Gasteiger partial charge in [-0.1, -0.05) is 37.3 Å². The molecule has 0 radical (unpaired) electrons. The predicted molar refractivity (Wildman–Crippen MR) is 89.8 cm³/mol. The molecule has 118 valence electrons. The fourth-order valence-corrected chi connectivity index (χ4v) is 2.93. The molecule has 0 atom stereocenters. The Kier molecular flexibility index (Phi) is 5.47. The van der Waals surface area contributed by atoms with E-state index in [9.17, 15) is 8.42 Å². The Bertz CT molecular complexity index is 742. The van der Waals surface area contributed by atoms with E-state index in [1.807, 2.05) is 43.3 Å². The van der Waals surface area contributed by atoms with Gasteiger partial charge < -0.3 is 8.92 Å². The van der Waals surface area contributed by atoms with Gasteiger partial charge in [-0.3, -0.25) is 0 Å². The van der Waals surface area contributed by atoms with Gasteiger partial charge in [-0.15, -0.1) is 0 Å². The van der Waals surface area contributed by atoms with Crippen molar-refractivity contribution in [3.8, 4) is 11.5 Å². The second kappa shape index (κ2) is 7.15. The molecule has 0 aromatic heterocycles. The van der Waals surface area contributed by atoms with Crippen molar-refractivity contribution in [1.82, 2.24) is 0 Å². The Morgan fingerprint density at radius 3 is 2.36 bits per heavy atom. The molecular weight excluding hydrogens is 368 g/mol. The van der Waals surface area contributed by atoms with Crippen molar-refractivity contribution in [1.29, 1.82) is 0 Å². The van der Waals surface area contributed by atoms with Gasteiger partial charge in [-0.25, -0.2) is 0 Å². The van der Waals surface area contributed by atoms with Gasteiger partial charge in [-0.2, -0.15) is 8.42 Å². The number of rotatable bonds is 6. The van der Waals surface area contributed by atoms with Crippen LogP contribution in [0.25, 0.3) is 0 Å². The molecule has 2 rings (SSSR count). The van der Waals surface area contributed by atoms with Crippen LogP contribution >= 0.6 is 15.9 Å². The zero-order valence-electron chi connectivity index (χ0n) is 12.4. The van der Waals surface area contributed by atoms with Gasteiger partial charge in [-0.05, 0) is 39.5 Å². The molecule has 2 aromatic rings. The summed E-state index contributed by atoms with van der Waals surface area (Å²) in [5, 5.41) is 0. The molecule has 0 spiro atoms. The highest BCUT2D eigenvalue weighted by Crippen LogP contribution is 2.34. The average Bonchev–Trinajstić information content (AvgIpc) is 2.47. The normalized spacial score (nSPS) is 11.2. The minimum atomic E-state index is -3.58. The molecule has 0 aliphatic carbocycles. The van der Waals surface area contributed by atoms with Crippen molar-refractivity contribution in [3.05, 3.63) is 58.1 Å². The molecule has 0 saturated heterocycles. The molecular formula is C16H17BrO4S. The number of ether oxygens (including phenoxy) is 1. The van der Waals surface area contributed by atoms with Crippen LogP contribution in [0.3, 0.4) is 0 Å². The van der Waals surface area contributed by atoms with Crippen molar-refractivity contribution in [2.24, 2.45) is 0 Å². The lowest BCUT2D eigenvalue weighted by molar-refractivity contribution is 0.303. The van der Waals surface area contributed by atoms with Gasteiger partial charge in [0.2, 0.25) is 0 Å². The maximum absolute atomic E-state index is 11.4. The lowest BCUT2D eigenvalue weighted by Gasteiger charge is -2.13. The zero-order chi connectivity index (χ0) is 16.2. The highest BCUT2D eigenvalue weighted by molar-refractivity contribution is 9.10. The molecule has 22 heavy (non-hydrogen) atoms. The van der Waals surface area contributed by atoms with Crippen molar-refractivity contribution in [2.75, 3.05) is 6.26 Å². The summed E-state index contributed by atoms with van der Waals surface area (Å²) in [5.74, 6) is 0.843. The number of halogens is 1. The number of hydrogen-bond acceptors (Lipinski definition) is 4. The van der Waals surface area contributed by atoms with E-state index in [0.717, 1.165) is 21.9 Å². The summed E-state index contributed by atoms with van der Waals surface area (Å²) in [5.41, 5.74) is 1.82. The summed E-state index contributed by atoms with van der Waals surface area (Å²) in [7, 11) is -3.58. The SMILES string of the molecule is CCc1cc(Br)c(OCc2ccccc2)cc1OS(C)(=O)=O. The van der Waals surface area contributed by atoms with Crippen molar-refractivity contribution < 1.29 is 17.3 Å². The quantitative estimate of drug-likeness (QED) is 0.708. The molecule has 0 heterocycles. The molecule has 0 N–H and O–H groups in total. The second-order valence-electron chi connectivity index (χ2n) is 4.81. The summed E-state index contributed by atoms with van der Waals surface area (Å²) in [4.78, 5) is 0. The smallest absolute Gasteiger partial charge is 0.306 e. The Hall–Kier alpha value is -1.53. The summed E-state index contributed by atoms with van der Waals surface area (Å²) < 4.78 is 34.3. The van der Waals surface area contributed by atoms with Crippen LogP contribution in [-0.2, 0) is 23.1 Å². The van der Waals surface area contributed by atoms with Gasteiger partial charge >= 0.3 is 10.1 Å². The summed E-state index contributed by atoms with van der Waals surface area (Å²) in [6.07, 6.45) is 1.68. The van der Waals surface area contributed by atoms with Gasteiger partial charge in [0.25, 0.3) is 0 Å². The van der Waals surface area contributed by atoms with Crippen LogP contribution in [0.15, 0.2) is 46.9 Å². The van der Waals surface area contributed by atoms with Crippen molar-refractivity contribution in [3.63, 3.8) is 0 Å². The van der Waals surface area contributed by atoms with Gasteiger partial charge in [0.1, 0.15) is 18.1 Å². The molecule has 0 aliphatic heterocycles. The maximum atomic E-state index is 11.4. The third kappa shape index (κ3) is 4.74. The van der Waals surface area contributed by atoms with Gasteiger partial charge in [0, 0.05) is 6.07 Å². The van der Waals surface area contributed by atoms with E-state index in [1.165, 1.54) is 0 Å². The Morgan fingerprint density at radius 2 is 1.77 bits per heavy atom. The predicted octanol–water partition coefficient (Wildman–Crippen LogP) is 3.93. The topological polar surface area (TPSA) is 52.6 Å². The Morgan fingerprint density at radius 1 is 1.09 bits per heavy atom. The van der Waals surface area contributed by atoms with Crippen LogP contribution < -0.4 is 8.92 Å².